The monoisotopic (exact) mass is 383 g/mol. The van der Waals surface area contributed by atoms with Crippen LogP contribution >= 0.6 is 0 Å². The molecule has 150 valence electrons. The summed E-state index contributed by atoms with van der Waals surface area (Å²) in [6.07, 6.45) is 3.69. The van der Waals surface area contributed by atoms with E-state index in [1.54, 1.807) is 24.2 Å². The molecule has 1 heterocycles. The molecule has 0 aliphatic rings. The molecule has 3 N–H and O–H groups in total. The second kappa shape index (κ2) is 9.82. The van der Waals surface area contributed by atoms with Gasteiger partial charge in [-0.3, -0.25) is 9.78 Å². The summed E-state index contributed by atoms with van der Waals surface area (Å²) in [4.78, 5) is 18.6. The Bertz CT molecular complexity index is 769. The van der Waals surface area contributed by atoms with Gasteiger partial charge in [-0.2, -0.15) is 0 Å². The molecule has 28 heavy (non-hydrogen) atoms. The highest BCUT2D eigenvalue weighted by Crippen LogP contribution is 2.16. The average Bonchev–Trinajstić information content (AvgIpc) is 2.70. The molecular weight excluding hydrogens is 353 g/mol. The van der Waals surface area contributed by atoms with Crippen LogP contribution in [0.4, 0.5) is 0 Å². The summed E-state index contributed by atoms with van der Waals surface area (Å²) in [6.45, 7) is 7.16. The second-order valence-electron chi connectivity index (χ2n) is 7.79. The third-order valence-corrected chi connectivity index (χ3v) is 4.95. The van der Waals surface area contributed by atoms with Gasteiger partial charge in [0.25, 0.3) is 0 Å². The van der Waals surface area contributed by atoms with Crippen LogP contribution in [0.25, 0.3) is 0 Å². The SMILES string of the molecule is C[C@@H](CNC(C)(C)C(=O)N(C)CCc1cncc(B(O)O)c1)c1ccccc1. The van der Waals surface area contributed by atoms with Crippen molar-refractivity contribution in [2.45, 2.75) is 38.6 Å². The lowest BCUT2D eigenvalue weighted by Gasteiger charge is -2.31. The lowest BCUT2D eigenvalue weighted by molar-refractivity contribution is -0.135. The predicted molar refractivity (Wildman–Crippen MR) is 112 cm³/mol. The molecule has 0 aliphatic heterocycles. The molecule has 0 unspecified atom stereocenters. The Hall–Kier alpha value is -2.22. The Morgan fingerprint density at radius 3 is 2.57 bits per heavy atom. The molecule has 2 rings (SSSR count). The van der Waals surface area contributed by atoms with E-state index in [0.717, 1.165) is 5.56 Å². The third kappa shape index (κ3) is 6.16. The van der Waals surface area contributed by atoms with Crippen molar-refractivity contribution in [3.63, 3.8) is 0 Å². The van der Waals surface area contributed by atoms with E-state index in [-0.39, 0.29) is 5.91 Å². The second-order valence-corrected chi connectivity index (χ2v) is 7.79. The minimum absolute atomic E-state index is 0.0130. The fourth-order valence-corrected chi connectivity index (χ4v) is 3.04. The highest BCUT2D eigenvalue weighted by molar-refractivity contribution is 6.58. The molecule has 0 spiro atoms. The summed E-state index contributed by atoms with van der Waals surface area (Å²) >= 11 is 0. The van der Waals surface area contributed by atoms with Crippen molar-refractivity contribution in [2.75, 3.05) is 20.1 Å². The Labute approximate surface area is 167 Å². The summed E-state index contributed by atoms with van der Waals surface area (Å²) in [5, 5.41) is 21.9. The van der Waals surface area contributed by atoms with E-state index in [0.29, 0.717) is 30.9 Å². The van der Waals surface area contributed by atoms with Gasteiger partial charge in [0.1, 0.15) is 0 Å². The fraction of sp³-hybridized carbons (Fsp3) is 0.429. The van der Waals surface area contributed by atoms with Crippen molar-refractivity contribution < 1.29 is 14.8 Å². The zero-order valence-corrected chi connectivity index (χ0v) is 17.1. The van der Waals surface area contributed by atoms with Crippen LogP contribution in [0.3, 0.4) is 0 Å². The number of likely N-dealkylation sites (N-methyl/N-ethyl adjacent to an activating group) is 1. The molecule has 1 aromatic heterocycles. The lowest BCUT2D eigenvalue weighted by atomic mass is 9.81. The summed E-state index contributed by atoms with van der Waals surface area (Å²) in [5.41, 5.74) is 1.77. The molecule has 1 atom stereocenters. The van der Waals surface area contributed by atoms with Crippen LogP contribution in [0.5, 0.6) is 0 Å². The zero-order valence-electron chi connectivity index (χ0n) is 17.1. The van der Waals surface area contributed by atoms with Crippen LogP contribution in [-0.2, 0) is 11.2 Å². The molecular formula is C21H30BN3O3. The summed E-state index contributed by atoms with van der Waals surface area (Å²) in [5.74, 6) is 0.316. The maximum absolute atomic E-state index is 12.9. The smallest absolute Gasteiger partial charge is 0.423 e. The average molecular weight is 383 g/mol. The number of pyridine rings is 1. The van der Waals surface area contributed by atoms with E-state index in [1.807, 2.05) is 32.0 Å². The number of aromatic nitrogens is 1. The first-order valence-electron chi connectivity index (χ1n) is 9.56. The van der Waals surface area contributed by atoms with Gasteiger partial charge in [0, 0.05) is 38.0 Å². The van der Waals surface area contributed by atoms with Crippen molar-refractivity contribution in [1.29, 1.82) is 0 Å². The van der Waals surface area contributed by atoms with Crippen LogP contribution in [0.2, 0.25) is 0 Å². The lowest BCUT2D eigenvalue weighted by Crippen LogP contribution is -2.54. The van der Waals surface area contributed by atoms with Crippen LogP contribution in [0, 0.1) is 0 Å². The third-order valence-electron chi connectivity index (χ3n) is 4.95. The topological polar surface area (TPSA) is 85.7 Å². The first-order valence-corrected chi connectivity index (χ1v) is 9.56. The molecule has 0 bridgehead atoms. The quantitative estimate of drug-likeness (QED) is 0.561. The molecule has 6 nitrogen and oxygen atoms in total. The maximum atomic E-state index is 12.9. The van der Waals surface area contributed by atoms with Gasteiger partial charge >= 0.3 is 7.12 Å². The predicted octanol–water partition coefficient (Wildman–Crippen LogP) is 0.934. The van der Waals surface area contributed by atoms with Crippen molar-refractivity contribution in [3.8, 4) is 0 Å². The van der Waals surface area contributed by atoms with E-state index in [4.69, 9.17) is 0 Å². The Kier molecular flexibility index (Phi) is 7.74. The Morgan fingerprint density at radius 2 is 1.93 bits per heavy atom. The van der Waals surface area contributed by atoms with Gasteiger partial charge in [0.15, 0.2) is 0 Å². The number of hydrogen-bond donors (Lipinski definition) is 3. The number of nitrogens with zero attached hydrogens (tertiary/aromatic N) is 2. The van der Waals surface area contributed by atoms with Gasteiger partial charge in [0.05, 0.1) is 5.54 Å². The molecule has 0 fully saturated rings. The van der Waals surface area contributed by atoms with Crippen molar-refractivity contribution in [3.05, 3.63) is 59.9 Å². The summed E-state index contributed by atoms with van der Waals surface area (Å²) in [6, 6.07) is 11.9. The number of amides is 1. The molecule has 0 aliphatic carbocycles. The van der Waals surface area contributed by atoms with Crippen LogP contribution in [-0.4, -0.2) is 58.6 Å². The van der Waals surface area contributed by atoms with E-state index in [9.17, 15) is 14.8 Å². The molecule has 0 radical (unpaired) electrons. The van der Waals surface area contributed by atoms with Crippen molar-refractivity contribution in [1.82, 2.24) is 15.2 Å². The highest BCUT2D eigenvalue weighted by Gasteiger charge is 2.30. The highest BCUT2D eigenvalue weighted by atomic mass is 16.4. The van der Waals surface area contributed by atoms with Crippen LogP contribution < -0.4 is 10.8 Å². The van der Waals surface area contributed by atoms with Gasteiger partial charge in [-0.15, -0.1) is 0 Å². The summed E-state index contributed by atoms with van der Waals surface area (Å²) in [7, 11) is 0.242. The molecule has 1 amide bonds. The molecule has 7 heteroatoms. The number of hydrogen-bond acceptors (Lipinski definition) is 5. The minimum Gasteiger partial charge on any atom is -0.423 e. The van der Waals surface area contributed by atoms with E-state index in [1.165, 1.54) is 11.8 Å². The van der Waals surface area contributed by atoms with Gasteiger partial charge in [-0.25, -0.2) is 0 Å². The molecule has 1 aromatic carbocycles. The van der Waals surface area contributed by atoms with Gasteiger partial charge < -0.3 is 20.3 Å². The van der Waals surface area contributed by atoms with Crippen molar-refractivity contribution in [2.24, 2.45) is 0 Å². The van der Waals surface area contributed by atoms with E-state index in [2.05, 4.69) is 29.4 Å². The minimum atomic E-state index is -1.54. The Morgan fingerprint density at radius 1 is 1.25 bits per heavy atom. The normalized spacial score (nSPS) is 12.5. The summed E-state index contributed by atoms with van der Waals surface area (Å²) < 4.78 is 0. The van der Waals surface area contributed by atoms with Gasteiger partial charge in [-0.1, -0.05) is 43.3 Å². The largest absolute Gasteiger partial charge is 0.490 e. The molecule has 0 saturated carbocycles. The van der Waals surface area contributed by atoms with Crippen LogP contribution in [0.1, 0.15) is 37.8 Å². The van der Waals surface area contributed by atoms with E-state index >= 15 is 0 Å². The molecule has 2 aromatic rings. The van der Waals surface area contributed by atoms with Gasteiger partial charge in [-0.05, 0) is 37.3 Å². The van der Waals surface area contributed by atoms with Gasteiger partial charge in [0.2, 0.25) is 5.91 Å². The number of carbonyl (C=O) groups is 1. The fourth-order valence-electron chi connectivity index (χ4n) is 3.04. The number of benzene rings is 1. The van der Waals surface area contributed by atoms with Crippen molar-refractivity contribution >= 4 is 18.5 Å². The number of carbonyl (C=O) groups excluding carboxylic acids is 1. The number of rotatable bonds is 9. The molecule has 0 saturated heterocycles. The first-order chi connectivity index (χ1) is 13.2. The first kappa shape index (κ1) is 22.1. The number of nitrogens with one attached hydrogen (secondary N) is 1. The standard InChI is InChI=1S/C21H30BN3O3/c1-16(18-8-6-5-7-9-18)13-24-21(2,3)20(26)25(4)11-10-17-12-19(22(27)28)15-23-14-17/h5-9,12,14-16,24,27-28H,10-11,13H2,1-4H3/t16-/m0/s1. The zero-order chi connectivity index (χ0) is 20.7. The Balaban J connectivity index is 1.89. The van der Waals surface area contributed by atoms with E-state index < -0.39 is 12.7 Å². The van der Waals surface area contributed by atoms with Crippen LogP contribution in [0.15, 0.2) is 48.8 Å². The maximum Gasteiger partial charge on any atom is 0.490 e.